The zero-order valence-electron chi connectivity index (χ0n) is 12.8. The van der Waals surface area contributed by atoms with Gasteiger partial charge in [-0.15, -0.1) is 0 Å². The van der Waals surface area contributed by atoms with Gasteiger partial charge in [0.25, 0.3) is 0 Å². The van der Waals surface area contributed by atoms with Gasteiger partial charge < -0.3 is 10.4 Å². The van der Waals surface area contributed by atoms with Crippen molar-refractivity contribution in [1.82, 2.24) is 0 Å². The van der Waals surface area contributed by atoms with Gasteiger partial charge in [-0.05, 0) is 49.3 Å². The molecule has 0 bridgehead atoms. The van der Waals surface area contributed by atoms with Gasteiger partial charge in [-0.1, -0.05) is 19.4 Å². The van der Waals surface area contributed by atoms with Crippen molar-refractivity contribution in [3.63, 3.8) is 0 Å². The highest BCUT2D eigenvalue weighted by Gasteiger charge is 2.25. The first-order valence-electron chi connectivity index (χ1n) is 7.80. The van der Waals surface area contributed by atoms with Crippen molar-refractivity contribution in [2.75, 3.05) is 5.32 Å². The molecule has 4 nitrogen and oxygen atoms in total. The third kappa shape index (κ3) is 4.29. The summed E-state index contributed by atoms with van der Waals surface area (Å²) in [4.78, 5) is 22.8. The van der Waals surface area contributed by atoms with Crippen LogP contribution >= 0.6 is 0 Å². The largest absolute Gasteiger partial charge is 0.481 e. The van der Waals surface area contributed by atoms with Crippen molar-refractivity contribution < 1.29 is 19.1 Å². The molecule has 0 aliphatic heterocycles. The molecule has 1 aromatic carbocycles. The number of carbonyl (C=O) groups is 2. The summed E-state index contributed by atoms with van der Waals surface area (Å²) in [5.41, 5.74) is 0.503. The van der Waals surface area contributed by atoms with Crippen LogP contribution in [0, 0.1) is 17.7 Å². The van der Waals surface area contributed by atoms with Crippen LogP contribution in [0.2, 0.25) is 0 Å². The van der Waals surface area contributed by atoms with E-state index in [4.69, 9.17) is 5.11 Å². The molecule has 0 atom stereocenters. The van der Waals surface area contributed by atoms with Crippen molar-refractivity contribution in [2.24, 2.45) is 11.8 Å². The summed E-state index contributed by atoms with van der Waals surface area (Å²) in [6.07, 6.45) is 4.69. The lowest BCUT2D eigenvalue weighted by Crippen LogP contribution is -2.27. The van der Waals surface area contributed by atoms with Gasteiger partial charge in [0.2, 0.25) is 5.91 Å². The topological polar surface area (TPSA) is 66.4 Å². The monoisotopic (exact) mass is 307 g/mol. The lowest BCUT2D eigenvalue weighted by atomic mass is 9.80. The molecule has 1 aliphatic rings. The average Bonchev–Trinajstić information content (AvgIpc) is 2.49. The molecule has 22 heavy (non-hydrogen) atoms. The first-order valence-corrected chi connectivity index (χ1v) is 7.80. The third-order valence-corrected chi connectivity index (χ3v) is 4.46. The molecule has 0 unspecified atom stereocenters. The predicted octanol–water partition coefficient (Wildman–Crippen LogP) is 3.61. The fourth-order valence-electron chi connectivity index (χ4n) is 3.01. The highest BCUT2D eigenvalue weighted by molar-refractivity contribution is 5.92. The van der Waals surface area contributed by atoms with Gasteiger partial charge in [0, 0.05) is 11.6 Å². The number of carboxylic acid groups (broad SMARTS) is 1. The summed E-state index contributed by atoms with van der Waals surface area (Å²) >= 11 is 0. The normalized spacial score (nSPS) is 21.4. The molecule has 120 valence electrons. The van der Waals surface area contributed by atoms with E-state index in [9.17, 15) is 14.0 Å². The van der Waals surface area contributed by atoms with Crippen LogP contribution in [0.15, 0.2) is 18.2 Å². The zero-order chi connectivity index (χ0) is 16.1. The summed E-state index contributed by atoms with van der Waals surface area (Å²) in [5.74, 6) is -1.04. The average molecular weight is 307 g/mol. The number of nitrogens with one attached hydrogen (secondary N) is 1. The molecule has 1 aliphatic carbocycles. The number of carboxylic acids is 1. The number of hydrogen-bond donors (Lipinski definition) is 2. The van der Waals surface area contributed by atoms with Crippen molar-refractivity contribution in [1.29, 1.82) is 0 Å². The number of amides is 1. The van der Waals surface area contributed by atoms with Crippen molar-refractivity contribution >= 4 is 17.6 Å². The van der Waals surface area contributed by atoms with Gasteiger partial charge in [0.15, 0.2) is 0 Å². The second-order valence-corrected chi connectivity index (χ2v) is 5.99. The minimum absolute atomic E-state index is 0.00967. The highest BCUT2D eigenvalue weighted by atomic mass is 19.1. The van der Waals surface area contributed by atoms with E-state index < -0.39 is 11.8 Å². The maximum atomic E-state index is 13.8. The van der Waals surface area contributed by atoms with Crippen LogP contribution in [0.25, 0.3) is 0 Å². The Bertz CT molecular complexity index is 551. The van der Waals surface area contributed by atoms with E-state index in [0.29, 0.717) is 5.69 Å². The van der Waals surface area contributed by atoms with Crippen molar-refractivity contribution in [2.45, 2.75) is 45.4 Å². The van der Waals surface area contributed by atoms with Crippen molar-refractivity contribution in [3.05, 3.63) is 29.6 Å². The van der Waals surface area contributed by atoms with E-state index in [2.05, 4.69) is 12.2 Å². The van der Waals surface area contributed by atoms with Gasteiger partial charge in [-0.3, -0.25) is 9.59 Å². The number of rotatable bonds is 5. The smallest absolute Gasteiger partial charge is 0.307 e. The Morgan fingerprint density at radius 2 is 1.95 bits per heavy atom. The van der Waals surface area contributed by atoms with E-state index in [0.717, 1.165) is 38.0 Å². The minimum Gasteiger partial charge on any atom is -0.481 e. The Morgan fingerprint density at radius 3 is 2.50 bits per heavy atom. The second-order valence-electron chi connectivity index (χ2n) is 5.99. The lowest BCUT2D eigenvalue weighted by molar-refractivity contribution is -0.136. The fraction of sp³-hybridized carbons (Fsp3) is 0.529. The fourth-order valence-corrected chi connectivity index (χ4v) is 3.01. The Labute approximate surface area is 129 Å². The summed E-state index contributed by atoms with van der Waals surface area (Å²) in [7, 11) is 0. The summed E-state index contributed by atoms with van der Waals surface area (Å²) < 4.78 is 13.8. The van der Waals surface area contributed by atoms with Gasteiger partial charge >= 0.3 is 5.97 Å². The Morgan fingerprint density at radius 1 is 1.27 bits per heavy atom. The summed E-state index contributed by atoms with van der Waals surface area (Å²) in [6, 6.07) is 4.15. The Kier molecular flexibility index (Phi) is 5.52. The quantitative estimate of drug-likeness (QED) is 0.873. The summed E-state index contributed by atoms with van der Waals surface area (Å²) in [6.45, 7) is 2.17. The maximum Gasteiger partial charge on any atom is 0.307 e. The van der Waals surface area contributed by atoms with Gasteiger partial charge in [0.05, 0.1) is 6.42 Å². The number of benzene rings is 1. The first kappa shape index (κ1) is 16.5. The van der Waals surface area contributed by atoms with E-state index in [1.54, 1.807) is 6.07 Å². The van der Waals surface area contributed by atoms with Crippen LogP contribution in [0.4, 0.5) is 10.1 Å². The molecule has 1 saturated carbocycles. The second kappa shape index (κ2) is 7.38. The number of anilines is 1. The molecule has 2 N–H and O–H groups in total. The van der Waals surface area contributed by atoms with E-state index in [-0.39, 0.29) is 23.8 Å². The minimum atomic E-state index is -1.08. The maximum absolute atomic E-state index is 13.8. The predicted molar refractivity (Wildman–Crippen MR) is 82.1 cm³/mol. The molecule has 0 spiro atoms. The standard InChI is InChI=1S/C17H22FNO3/c1-2-11-3-5-12(6-4-11)17(22)19-14-8-7-13(9-16(20)21)15(18)10-14/h7-8,10-12H,2-6,9H2,1H3,(H,19,22)(H,20,21). The Balaban J connectivity index is 1.94. The molecule has 2 rings (SSSR count). The molecule has 0 aromatic heterocycles. The molecule has 0 radical (unpaired) electrons. The molecule has 1 aromatic rings. The van der Waals surface area contributed by atoms with Crippen LogP contribution in [0.3, 0.4) is 0 Å². The van der Waals surface area contributed by atoms with E-state index >= 15 is 0 Å². The molecular formula is C17H22FNO3. The molecule has 1 amide bonds. The van der Waals surface area contributed by atoms with E-state index in [1.165, 1.54) is 12.1 Å². The van der Waals surface area contributed by atoms with Crippen LogP contribution in [-0.2, 0) is 16.0 Å². The molecule has 0 saturated heterocycles. The van der Waals surface area contributed by atoms with E-state index in [1.807, 2.05) is 0 Å². The number of carbonyl (C=O) groups excluding carboxylic acids is 1. The number of aliphatic carboxylic acids is 1. The van der Waals surface area contributed by atoms with Crippen molar-refractivity contribution in [3.8, 4) is 0 Å². The molecule has 5 heteroatoms. The lowest BCUT2D eigenvalue weighted by Gasteiger charge is -2.26. The third-order valence-electron chi connectivity index (χ3n) is 4.46. The van der Waals surface area contributed by atoms with Crippen LogP contribution in [-0.4, -0.2) is 17.0 Å². The number of halogens is 1. The van der Waals surface area contributed by atoms with Gasteiger partial charge in [0.1, 0.15) is 5.82 Å². The highest BCUT2D eigenvalue weighted by Crippen LogP contribution is 2.31. The SMILES string of the molecule is CCC1CCC(C(=O)Nc2ccc(CC(=O)O)c(F)c2)CC1. The zero-order valence-corrected chi connectivity index (χ0v) is 12.8. The molecular weight excluding hydrogens is 285 g/mol. The van der Waals surface area contributed by atoms with Crippen LogP contribution in [0.1, 0.15) is 44.6 Å². The Hall–Kier alpha value is -1.91. The molecule has 1 fully saturated rings. The van der Waals surface area contributed by atoms with Crippen LogP contribution < -0.4 is 5.32 Å². The first-order chi connectivity index (χ1) is 10.5. The van der Waals surface area contributed by atoms with Gasteiger partial charge in [-0.25, -0.2) is 4.39 Å². The van der Waals surface area contributed by atoms with Gasteiger partial charge in [-0.2, -0.15) is 0 Å². The summed E-state index contributed by atoms with van der Waals surface area (Å²) in [5, 5.41) is 11.4. The van der Waals surface area contributed by atoms with Crippen LogP contribution in [0.5, 0.6) is 0 Å². The number of hydrogen-bond acceptors (Lipinski definition) is 2. The molecule has 0 heterocycles.